The van der Waals surface area contributed by atoms with E-state index >= 15 is 0 Å². The van der Waals surface area contributed by atoms with Gasteiger partial charge in [0.15, 0.2) is 11.5 Å². The summed E-state index contributed by atoms with van der Waals surface area (Å²) in [7, 11) is 1.65. The van der Waals surface area contributed by atoms with Gasteiger partial charge in [-0.1, -0.05) is 18.2 Å². The first-order valence-corrected chi connectivity index (χ1v) is 10.7. The van der Waals surface area contributed by atoms with E-state index in [0.29, 0.717) is 13.2 Å². The van der Waals surface area contributed by atoms with E-state index in [0.717, 1.165) is 34.3 Å². The number of para-hydroxylation sites is 2. The number of hydrogen-bond donors (Lipinski definition) is 1. The van der Waals surface area contributed by atoms with E-state index in [1.54, 1.807) is 18.9 Å². The van der Waals surface area contributed by atoms with E-state index in [2.05, 4.69) is 25.0 Å². The smallest absolute Gasteiger partial charge is 0.161 e. The van der Waals surface area contributed by atoms with Crippen molar-refractivity contribution in [3.05, 3.63) is 48.0 Å². The van der Waals surface area contributed by atoms with E-state index < -0.39 is 0 Å². The molecule has 0 aliphatic heterocycles. The second kappa shape index (κ2) is 11.8. The molecule has 0 unspecified atom stereocenters. The minimum atomic E-state index is 0.187. The fourth-order valence-corrected chi connectivity index (χ4v) is 3.57. The lowest BCUT2D eigenvalue weighted by Crippen LogP contribution is -2.13. The third-order valence-electron chi connectivity index (χ3n) is 3.85. The molecular weight excluding hydrogens is 378 g/mol. The van der Waals surface area contributed by atoms with Gasteiger partial charge in [0, 0.05) is 16.9 Å². The summed E-state index contributed by atoms with van der Waals surface area (Å²) < 4.78 is 16.6. The minimum absolute atomic E-state index is 0.187. The quantitative estimate of drug-likeness (QED) is 0.430. The average Bonchev–Trinajstić information content (AvgIpc) is 2.67. The molecule has 0 saturated heterocycles. The van der Waals surface area contributed by atoms with E-state index in [1.165, 1.54) is 5.56 Å². The molecule has 6 heteroatoms. The standard InChI is InChI=1S/C21H27NO3S2/c1-4-24-18-7-5-6-8-19(18)25-12-11-22-17(15-27-3)13-16-9-10-20(23-2)21(26)14-16/h5-11,14,17,26H,4,12-13,15H2,1-3H3/t17-/m0/s1. The van der Waals surface area contributed by atoms with Gasteiger partial charge < -0.3 is 14.2 Å². The van der Waals surface area contributed by atoms with Crippen LogP contribution in [0.1, 0.15) is 12.5 Å². The SMILES string of the molecule is CCOc1ccccc1OCC=N[C@H](CSC)Cc1ccc(OC)c(S)c1. The van der Waals surface area contributed by atoms with Crippen LogP contribution in [0, 0.1) is 0 Å². The van der Waals surface area contributed by atoms with Crippen molar-refractivity contribution >= 4 is 30.6 Å². The lowest BCUT2D eigenvalue weighted by molar-refractivity contribution is 0.302. The van der Waals surface area contributed by atoms with Crippen molar-refractivity contribution in [1.82, 2.24) is 0 Å². The van der Waals surface area contributed by atoms with Crippen molar-refractivity contribution in [1.29, 1.82) is 0 Å². The fraction of sp³-hybridized carbons (Fsp3) is 0.381. The maximum absolute atomic E-state index is 5.81. The second-order valence-corrected chi connectivity index (χ2v) is 7.23. The van der Waals surface area contributed by atoms with Crippen LogP contribution in [0.5, 0.6) is 17.2 Å². The van der Waals surface area contributed by atoms with Gasteiger partial charge in [0.05, 0.1) is 19.8 Å². The summed E-state index contributed by atoms with van der Waals surface area (Å²) in [4.78, 5) is 5.55. The highest BCUT2D eigenvalue weighted by Crippen LogP contribution is 2.26. The van der Waals surface area contributed by atoms with Crippen LogP contribution in [0.25, 0.3) is 0 Å². The number of thioether (sulfide) groups is 1. The average molecular weight is 406 g/mol. The molecule has 0 saturated carbocycles. The Morgan fingerprint density at radius 3 is 2.48 bits per heavy atom. The molecule has 27 heavy (non-hydrogen) atoms. The van der Waals surface area contributed by atoms with Gasteiger partial charge in [-0.3, -0.25) is 4.99 Å². The Morgan fingerprint density at radius 1 is 1.11 bits per heavy atom. The number of nitrogens with zero attached hydrogens (tertiary/aromatic N) is 1. The van der Waals surface area contributed by atoms with Gasteiger partial charge in [0.2, 0.25) is 0 Å². The molecule has 146 valence electrons. The zero-order chi connectivity index (χ0) is 19.5. The first kappa shape index (κ1) is 21.5. The molecule has 0 bridgehead atoms. The molecule has 0 radical (unpaired) electrons. The van der Waals surface area contributed by atoms with Gasteiger partial charge in [-0.15, -0.1) is 12.6 Å². The highest BCUT2D eigenvalue weighted by atomic mass is 32.2. The van der Waals surface area contributed by atoms with Crippen molar-refractivity contribution in [2.45, 2.75) is 24.3 Å². The lowest BCUT2D eigenvalue weighted by Gasteiger charge is -2.13. The van der Waals surface area contributed by atoms with Crippen LogP contribution in [0.4, 0.5) is 0 Å². The topological polar surface area (TPSA) is 40.0 Å². The molecule has 2 rings (SSSR count). The molecule has 0 N–H and O–H groups in total. The molecule has 0 aliphatic carbocycles. The van der Waals surface area contributed by atoms with Crippen molar-refractivity contribution in [3.63, 3.8) is 0 Å². The van der Waals surface area contributed by atoms with Crippen LogP contribution >= 0.6 is 24.4 Å². The Hall–Kier alpha value is -1.79. The van der Waals surface area contributed by atoms with Gasteiger partial charge in [0.25, 0.3) is 0 Å². The van der Waals surface area contributed by atoms with Crippen LogP contribution in [-0.4, -0.2) is 44.6 Å². The molecule has 0 aliphatic rings. The lowest BCUT2D eigenvalue weighted by atomic mass is 10.1. The summed E-state index contributed by atoms with van der Waals surface area (Å²) >= 11 is 6.26. The number of rotatable bonds is 11. The van der Waals surface area contributed by atoms with Crippen molar-refractivity contribution in [2.24, 2.45) is 4.99 Å². The summed E-state index contributed by atoms with van der Waals surface area (Å²) in [5.41, 5.74) is 1.19. The van der Waals surface area contributed by atoms with Crippen molar-refractivity contribution in [3.8, 4) is 17.2 Å². The van der Waals surface area contributed by atoms with E-state index in [1.807, 2.05) is 49.5 Å². The Morgan fingerprint density at radius 2 is 1.85 bits per heavy atom. The summed E-state index contributed by atoms with van der Waals surface area (Å²) in [6.45, 7) is 2.98. The van der Waals surface area contributed by atoms with Gasteiger partial charge in [0.1, 0.15) is 12.4 Å². The van der Waals surface area contributed by atoms with Crippen LogP contribution in [0.15, 0.2) is 52.4 Å². The van der Waals surface area contributed by atoms with Crippen molar-refractivity contribution in [2.75, 3.05) is 32.3 Å². The van der Waals surface area contributed by atoms with Crippen molar-refractivity contribution < 1.29 is 14.2 Å². The van der Waals surface area contributed by atoms with E-state index in [4.69, 9.17) is 19.2 Å². The molecule has 0 spiro atoms. The number of hydrogen-bond acceptors (Lipinski definition) is 6. The Labute approximate surface area is 171 Å². The summed E-state index contributed by atoms with van der Waals surface area (Å²) in [6.07, 6.45) is 4.79. The number of benzene rings is 2. The second-order valence-electron chi connectivity index (χ2n) is 5.84. The number of ether oxygens (including phenoxy) is 3. The molecule has 2 aromatic rings. The van der Waals surface area contributed by atoms with Crippen LogP contribution in [0.2, 0.25) is 0 Å². The molecule has 2 aromatic carbocycles. The summed E-state index contributed by atoms with van der Waals surface area (Å²) in [6, 6.07) is 13.9. The van der Waals surface area contributed by atoms with Gasteiger partial charge >= 0.3 is 0 Å². The maximum atomic E-state index is 5.81. The number of methoxy groups -OCH3 is 1. The van der Waals surface area contributed by atoms with Gasteiger partial charge in [-0.05, 0) is 49.4 Å². The fourth-order valence-electron chi connectivity index (χ4n) is 2.64. The Balaban J connectivity index is 1.94. The predicted molar refractivity (Wildman–Crippen MR) is 118 cm³/mol. The maximum Gasteiger partial charge on any atom is 0.161 e. The highest BCUT2D eigenvalue weighted by Gasteiger charge is 2.09. The van der Waals surface area contributed by atoms with Gasteiger partial charge in [-0.25, -0.2) is 0 Å². The minimum Gasteiger partial charge on any atom is -0.496 e. The highest BCUT2D eigenvalue weighted by molar-refractivity contribution is 7.98. The predicted octanol–water partition coefficient (Wildman–Crippen LogP) is 4.81. The zero-order valence-electron chi connectivity index (χ0n) is 16.1. The van der Waals surface area contributed by atoms with Crippen LogP contribution in [-0.2, 0) is 6.42 Å². The third-order valence-corrected chi connectivity index (χ3v) is 4.92. The molecule has 0 aromatic heterocycles. The normalized spacial score (nSPS) is 12.1. The zero-order valence-corrected chi connectivity index (χ0v) is 17.8. The Bertz CT molecular complexity index is 737. The molecule has 0 amide bonds. The summed E-state index contributed by atoms with van der Waals surface area (Å²) in [5, 5.41) is 0. The number of aliphatic imine (C=N–C) groups is 1. The summed E-state index contributed by atoms with van der Waals surface area (Å²) in [5.74, 6) is 3.23. The first-order chi connectivity index (χ1) is 13.2. The Kier molecular flexibility index (Phi) is 9.42. The van der Waals surface area contributed by atoms with Gasteiger partial charge in [-0.2, -0.15) is 11.8 Å². The monoisotopic (exact) mass is 405 g/mol. The molecule has 0 heterocycles. The van der Waals surface area contributed by atoms with Crippen LogP contribution < -0.4 is 14.2 Å². The van der Waals surface area contributed by atoms with E-state index in [-0.39, 0.29) is 6.04 Å². The third kappa shape index (κ3) is 7.03. The van der Waals surface area contributed by atoms with E-state index in [9.17, 15) is 0 Å². The molecule has 1 atom stereocenters. The largest absolute Gasteiger partial charge is 0.496 e. The molecule has 0 fully saturated rings. The molecule has 4 nitrogen and oxygen atoms in total. The van der Waals surface area contributed by atoms with Crippen LogP contribution in [0.3, 0.4) is 0 Å². The first-order valence-electron chi connectivity index (χ1n) is 8.89. The molecular formula is C21H27NO3S2. The number of thiol groups is 1.